The number of esters is 1. The molecule has 0 radical (unpaired) electrons. The lowest BCUT2D eigenvalue weighted by Gasteiger charge is -2.08. The molecule has 4 nitrogen and oxygen atoms in total. The highest BCUT2D eigenvalue weighted by atomic mass is 35.5. The van der Waals surface area contributed by atoms with Crippen molar-refractivity contribution in [3.05, 3.63) is 64.2 Å². The summed E-state index contributed by atoms with van der Waals surface area (Å²) in [5, 5.41) is 2.24. The molecule has 0 aromatic heterocycles. The molecule has 1 N–H and O–H groups in total. The first-order chi connectivity index (χ1) is 10.9. The number of hydrogen-bond donors (Lipinski definition) is 1. The van der Waals surface area contributed by atoms with E-state index in [1.165, 1.54) is 0 Å². The Morgan fingerprint density at radius 2 is 1.87 bits per heavy atom. The fraction of sp³-hybridized carbons (Fsp3) is 0.125. The van der Waals surface area contributed by atoms with Crippen molar-refractivity contribution in [2.45, 2.75) is 6.92 Å². The molecule has 23 heavy (non-hydrogen) atoms. The van der Waals surface area contributed by atoms with Crippen LogP contribution in [0.15, 0.2) is 36.4 Å². The number of hydrogen-bond acceptors (Lipinski definition) is 3. The maximum Gasteiger partial charge on any atom is 0.340 e. The number of amides is 1. The Labute approximate surface area is 136 Å². The van der Waals surface area contributed by atoms with E-state index in [2.05, 4.69) is 5.32 Å². The third-order valence-corrected chi connectivity index (χ3v) is 3.18. The number of carbonyl (C=O) groups excluding carboxylic acids is 2. The third kappa shape index (κ3) is 4.50. The molecule has 2 aromatic rings. The SMILES string of the molecule is Cc1cccc(NC(=O)COC(=O)c2cc(F)c(F)cc2Cl)c1. The standard InChI is InChI=1S/C16H12ClF2NO3/c1-9-3-2-4-10(5-9)20-15(21)8-23-16(22)11-6-13(18)14(19)7-12(11)17/h2-7H,8H2,1H3,(H,20,21). The van der Waals surface area contributed by atoms with Crippen LogP contribution in [0, 0.1) is 18.6 Å². The van der Waals surface area contributed by atoms with Crippen LogP contribution in [0.3, 0.4) is 0 Å². The minimum Gasteiger partial charge on any atom is -0.452 e. The highest BCUT2D eigenvalue weighted by molar-refractivity contribution is 6.33. The van der Waals surface area contributed by atoms with E-state index in [-0.39, 0.29) is 10.6 Å². The Balaban J connectivity index is 1.96. The number of halogens is 3. The van der Waals surface area contributed by atoms with E-state index in [4.69, 9.17) is 16.3 Å². The molecule has 2 rings (SSSR count). The maximum atomic E-state index is 13.1. The molecular weight excluding hydrogens is 328 g/mol. The van der Waals surface area contributed by atoms with Gasteiger partial charge in [-0.25, -0.2) is 13.6 Å². The topological polar surface area (TPSA) is 55.4 Å². The van der Waals surface area contributed by atoms with Gasteiger partial charge in [0.2, 0.25) is 0 Å². The fourth-order valence-electron chi connectivity index (χ4n) is 1.81. The minimum atomic E-state index is -1.23. The van der Waals surface area contributed by atoms with Crippen molar-refractivity contribution in [2.75, 3.05) is 11.9 Å². The molecule has 0 fully saturated rings. The van der Waals surface area contributed by atoms with Gasteiger partial charge in [0.25, 0.3) is 5.91 Å². The van der Waals surface area contributed by atoms with Crippen molar-refractivity contribution >= 4 is 29.2 Å². The van der Waals surface area contributed by atoms with Gasteiger partial charge in [-0.3, -0.25) is 4.79 Å². The molecule has 120 valence electrons. The average Bonchev–Trinajstić information content (AvgIpc) is 2.48. The first-order valence-electron chi connectivity index (χ1n) is 6.55. The third-order valence-electron chi connectivity index (χ3n) is 2.87. The number of ether oxygens (including phenoxy) is 1. The van der Waals surface area contributed by atoms with Gasteiger partial charge in [0.1, 0.15) is 0 Å². The van der Waals surface area contributed by atoms with E-state index < -0.39 is 30.1 Å². The lowest BCUT2D eigenvalue weighted by atomic mass is 10.2. The van der Waals surface area contributed by atoms with Crippen LogP contribution in [0.2, 0.25) is 5.02 Å². The van der Waals surface area contributed by atoms with Gasteiger partial charge >= 0.3 is 5.97 Å². The summed E-state index contributed by atoms with van der Waals surface area (Å²) in [5.74, 6) is -4.00. The van der Waals surface area contributed by atoms with Crippen LogP contribution in [0.5, 0.6) is 0 Å². The zero-order valence-corrected chi connectivity index (χ0v) is 12.8. The monoisotopic (exact) mass is 339 g/mol. The van der Waals surface area contributed by atoms with Crippen LogP contribution in [-0.4, -0.2) is 18.5 Å². The summed E-state index contributed by atoms with van der Waals surface area (Å²) in [7, 11) is 0. The summed E-state index contributed by atoms with van der Waals surface area (Å²) in [6, 6.07) is 8.34. The van der Waals surface area contributed by atoms with Crippen LogP contribution >= 0.6 is 11.6 Å². The van der Waals surface area contributed by atoms with Gasteiger partial charge in [-0.1, -0.05) is 23.7 Å². The second-order valence-electron chi connectivity index (χ2n) is 4.74. The largest absolute Gasteiger partial charge is 0.452 e. The van der Waals surface area contributed by atoms with Crippen LogP contribution < -0.4 is 5.32 Å². The number of carbonyl (C=O) groups is 2. The fourth-order valence-corrected chi connectivity index (χ4v) is 2.04. The van der Waals surface area contributed by atoms with Gasteiger partial charge in [0, 0.05) is 5.69 Å². The predicted octanol–water partition coefficient (Wildman–Crippen LogP) is 3.72. The lowest BCUT2D eigenvalue weighted by molar-refractivity contribution is -0.119. The van der Waals surface area contributed by atoms with Gasteiger partial charge in [0.05, 0.1) is 10.6 Å². The van der Waals surface area contributed by atoms with Crippen molar-refractivity contribution in [3.63, 3.8) is 0 Å². The summed E-state index contributed by atoms with van der Waals surface area (Å²) >= 11 is 5.65. The molecule has 1 amide bonds. The van der Waals surface area contributed by atoms with Crippen LogP contribution in [-0.2, 0) is 9.53 Å². The molecule has 0 saturated heterocycles. The first kappa shape index (κ1) is 16.9. The van der Waals surface area contributed by atoms with Crippen molar-refractivity contribution in [3.8, 4) is 0 Å². The Bertz CT molecular complexity index is 765. The summed E-state index contributed by atoms with van der Waals surface area (Å²) in [5.41, 5.74) is 1.15. The van der Waals surface area contributed by atoms with Gasteiger partial charge in [-0.15, -0.1) is 0 Å². The minimum absolute atomic E-state index is 0.298. The van der Waals surface area contributed by atoms with Crippen molar-refractivity contribution in [1.82, 2.24) is 0 Å². The van der Waals surface area contributed by atoms with Crippen molar-refractivity contribution in [1.29, 1.82) is 0 Å². The average molecular weight is 340 g/mol. The molecule has 0 unspecified atom stereocenters. The molecule has 0 saturated carbocycles. The van der Waals surface area contributed by atoms with Crippen molar-refractivity contribution in [2.24, 2.45) is 0 Å². The Morgan fingerprint density at radius 3 is 2.57 bits per heavy atom. The molecule has 0 aliphatic heterocycles. The molecule has 0 aliphatic carbocycles. The van der Waals surface area contributed by atoms with E-state index in [0.29, 0.717) is 17.8 Å². The first-order valence-corrected chi connectivity index (χ1v) is 6.93. The number of benzene rings is 2. The zero-order chi connectivity index (χ0) is 17.0. The smallest absolute Gasteiger partial charge is 0.340 e. The summed E-state index contributed by atoms with van der Waals surface area (Å²) in [4.78, 5) is 23.5. The van der Waals surface area contributed by atoms with E-state index in [1.807, 2.05) is 13.0 Å². The van der Waals surface area contributed by atoms with Gasteiger partial charge in [0.15, 0.2) is 18.2 Å². The molecule has 0 spiro atoms. The predicted molar refractivity (Wildman–Crippen MR) is 81.5 cm³/mol. The van der Waals surface area contributed by atoms with Crippen LogP contribution in [0.1, 0.15) is 15.9 Å². The van der Waals surface area contributed by atoms with E-state index in [1.54, 1.807) is 18.2 Å². The summed E-state index contributed by atoms with van der Waals surface area (Å²) in [6.07, 6.45) is 0. The van der Waals surface area contributed by atoms with E-state index >= 15 is 0 Å². The Hall–Kier alpha value is -2.47. The van der Waals surface area contributed by atoms with Crippen molar-refractivity contribution < 1.29 is 23.1 Å². The molecule has 0 aliphatic rings. The summed E-state index contributed by atoms with van der Waals surface area (Å²) in [6.45, 7) is 1.28. The number of aryl methyl sites for hydroxylation is 1. The molecule has 0 heterocycles. The lowest BCUT2D eigenvalue weighted by Crippen LogP contribution is -2.21. The van der Waals surface area contributed by atoms with Gasteiger partial charge in [-0.05, 0) is 36.8 Å². The number of rotatable bonds is 4. The molecule has 0 bridgehead atoms. The van der Waals surface area contributed by atoms with Gasteiger partial charge in [-0.2, -0.15) is 0 Å². The molecule has 7 heteroatoms. The van der Waals surface area contributed by atoms with Crippen LogP contribution in [0.4, 0.5) is 14.5 Å². The number of nitrogens with one attached hydrogen (secondary N) is 1. The van der Waals surface area contributed by atoms with E-state index in [0.717, 1.165) is 5.56 Å². The zero-order valence-electron chi connectivity index (χ0n) is 12.0. The van der Waals surface area contributed by atoms with Crippen LogP contribution in [0.25, 0.3) is 0 Å². The van der Waals surface area contributed by atoms with Gasteiger partial charge < -0.3 is 10.1 Å². The highest BCUT2D eigenvalue weighted by Crippen LogP contribution is 2.20. The normalized spacial score (nSPS) is 10.3. The Kier molecular flexibility index (Phi) is 5.28. The molecular formula is C16H12ClF2NO3. The second-order valence-corrected chi connectivity index (χ2v) is 5.15. The molecule has 2 aromatic carbocycles. The highest BCUT2D eigenvalue weighted by Gasteiger charge is 2.17. The number of anilines is 1. The quantitative estimate of drug-likeness (QED) is 0.682. The van der Waals surface area contributed by atoms with E-state index in [9.17, 15) is 18.4 Å². The summed E-state index contributed by atoms with van der Waals surface area (Å²) < 4.78 is 30.8. The second kappa shape index (κ2) is 7.19. The molecule has 0 atom stereocenters. The maximum absolute atomic E-state index is 13.1. The Morgan fingerprint density at radius 1 is 1.17 bits per heavy atom.